The molecule has 2 N–H and O–H groups in total. The number of hydrogen-bond donors (Lipinski definition) is 2. The minimum absolute atomic E-state index is 0.300. The van der Waals surface area contributed by atoms with Crippen molar-refractivity contribution in [1.82, 2.24) is 15.1 Å². The van der Waals surface area contributed by atoms with Crippen molar-refractivity contribution in [3.63, 3.8) is 0 Å². The zero-order chi connectivity index (χ0) is 14.1. The Labute approximate surface area is 109 Å². The van der Waals surface area contributed by atoms with Crippen LogP contribution in [-0.4, -0.2) is 66.7 Å². The summed E-state index contributed by atoms with van der Waals surface area (Å²) in [7, 11) is 3.96. The highest BCUT2D eigenvalue weighted by atomic mass is 16.4. The van der Waals surface area contributed by atoms with Gasteiger partial charge in [0.15, 0.2) is 0 Å². The lowest BCUT2D eigenvalue weighted by Crippen LogP contribution is -2.48. The maximum absolute atomic E-state index is 11.9. The molecule has 0 aliphatic rings. The Bertz CT molecular complexity index is 269. The van der Waals surface area contributed by atoms with Gasteiger partial charge in [-0.25, -0.2) is 9.59 Å². The van der Waals surface area contributed by atoms with E-state index in [0.717, 1.165) is 13.0 Å². The maximum atomic E-state index is 11.9. The fraction of sp³-hybridized carbons (Fsp3) is 0.833. The summed E-state index contributed by atoms with van der Waals surface area (Å²) in [6.07, 6.45) is 1.26. The number of rotatable bonds is 8. The lowest BCUT2D eigenvalue weighted by atomic mass is 10.2. The first-order valence-electron chi connectivity index (χ1n) is 6.35. The Morgan fingerprint density at radius 2 is 1.83 bits per heavy atom. The molecule has 0 heterocycles. The molecule has 106 valence electrons. The van der Waals surface area contributed by atoms with Gasteiger partial charge < -0.3 is 20.2 Å². The van der Waals surface area contributed by atoms with Crippen LogP contribution in [0.3, 0.4) is 0 Å². The van der Waals surface area contributed by atoms with E-state index < -0.39 is 12.0 Å². The number of carboxylic acids is 1. The van der Waals surface area contributed by atoms with Crippen molar-refractivity contribution >= 4 is 12.0 Å². The van der Waals surface area contributed by atoms with Crippen molar-refractivity contribution in [2.24, 2.45) is 0 Å². The molecule has 0 fully saturated rings. The minimum Gasteiger partial charge on any atom is -0.480 e. The number of carboxylic acid groups (broad SMARTS) is 1. The Morgan fingerprint density at radius 1 is 1.22 bits per heavy atom. The number of nitrogens with one attached hydrogen (secondary N) is 1. The zero-order valence-electron chi connectivity index (χ0n) is 11.8. The highest BCUT2D eigenvalue weighted by Crippen LogP contribution is 1.97. The van der Waals surface area contributed by atoms with Crippen molar-refractivity contribution in [1.29, 1.82) is 0 Å². The van der Waals surface area contributed by atoms with Crippen LogP contribution in [0.5, 0.6) is 0 Å². The molecule has 0 unspecified atom stereocenters. The molecule has 0 radical (unpaired) electrons. The van der Waals surface area contributed by atoms with Gasteiger partial charge >= 0.3 is 12.0 Å². The Morgan fingerprint density at radius 3 is 2.22 bits per heavy atom. The molecular formula is C12H25N3O3. The van der Waals surface area contributed by atoms with E-state index in [1.54, 1.807) is 11.8 Å². The van der Waals surface area contributed by atoms with Crippen LogP contribution < -0.4 is 5.32 Å². The predicted molar refractivity (Wildman–Crippen MR) is 70.7 cm³/mol. The smallest absolute Gasteiger partial charge is 0.326 e. The summed E-state index contributed by atoms with van der Waals surface area (Å²) in [5, 5.41) is 11.4. The highest BCUT2D eigenvalue weighted by Gasteiger charge is 2.20. The average Bonchev–Trinajstić information content (AvgIpc) is 2.30. The second-order valence-electron chi connectivity index (χ2n) is 4.49. The molecule has 0 aliphatic heterocycles. The normalized spacial score (nSPS) is 12.3. The Kier molecular flexibility index (Phi) is 8.11. The molecule has 2 amide bonds. The number of aliphatic carboxylic acids is 1. The molecule has 0 spiro atoms. The fourth-order valence-corrected chi connectivity index (χ4v) is 1.56. The number of carbonyl (C=O) groups excluding carboxylic acids is 1. The molecule has 1 atom stereocenters. The van der Waals surface area contributed by atoms with Crippen LogP contribution in [0.1, 0.15) is 26.7 Å². The summed E-state index contributed by atoms with van der Waals surface area (Å²) in [6, 6.07) is -1.11. The van der Waals surface area contributed by atoms with E-state index in [0.29, 0.717) is 19.5 Å². The first kappa shape index (κ1) is 16.7. The molecule has 0 aromatic heterocycles. The molecule has 0 aliphatic carbocycles. The van der Waals surface area contributed by atoms with E-state index in [2.05, 4.69) is 10.2 Å². The van der Waals surface area contributed by atoms with Crippen molar-refractivity contribution in [2.45, 2.75) is 32.7 Å². The molecule has 0 aromatic carbocycles. The highest BCUT2D eigenvalue weighted by molar-refractivity contribution is 5.82. The minimum atomic E-state index is -0.991. The molecule has 6 nitrogen and oxygen atoms in total. The molecule has 0 bridgehead atoms. The van der Waals surface area contributed by atoms with Gasteiger partial charge in [-0.05, 0) is 40.4 Å². The molecule has 18 heavy (non-hydrogen) atoms. The third-order valence-electron chi connectivity index (χ3n) is 2.71. The Balaban J connectivity index is 4.21. The standard InChI is InChI=1S/C12H25N3O3/c1-5-10(11(16)17)13-12(18)15(6-2)9-7-8-14(3)4/h10H,5-9H2,1-4H3,(H,13,18)(H,16,17)/t10-/m0/s1. The summed E-state index contributed by atoms with van der Waals surface area (Å²) in [4.78, 5) is 26.4. The molecule has 0 aromatic rings. The van der Waals surface area contributed by atoms with Crippen molar-refractivity contribution < 1.29 is 14.7 Å². The molecule has 0 saturated carbocycles. The predicted octanol–water partition coefficient (Wildman–Crippen LogP) is 0.833. The number of carbonyl (C=O) groups is 2. The van der Waals surface area contributed by atoms with E-state index in [9.17, 15) is 9.59 Å². The lowest BCUT2D eigenvalue weighted by Gasteiger charge is -2.24. The summed E-state index contributed by atoms with van der Waals surface area (Å²) in [5.74, 6) is -0.991. The molecule has 0 saturated heterocycles. The van der Waals surface area contributed by atoms with Gasteiger partial charge in [0.1, 0.15) is 6.04 Å². The van der Waals surface area contributed by atoms with Gasteiger partial charge in [-0.15, -0.1) is 0 Å². The van der Waals surface area contributed by atoms with Crippen LogP contribution in [0.2, 0.25) is 0 Å². The number of amides is 2. The third kappa shape index (κ3) is 6.44. The van der Waals surface area contributed by atoms with Crippen molar-refractivity contribution in [3.8, 4) is 0 Å². The van der Waals surface area contributed by atoms with E-state index >= 15 is 0 Å². The summed E-state index contributed by atoms with van der Waals surface area (Å²) in [6.45, 7) is 5.74. The molecular weight excluding hydrogens is 234 g/mol. The van der Waals surface area contributed by atoms with E-state index in [-0.39, 0.29) is 6.03 Å². The second-order valence-corrected chi connectivity index (χ2v) is 4.49. The van der Waals surface area contributed by atoms with Gasteiger partial charge in [-0.2, -0.15) is 0 Å². The van der Waals surface area contributed by atoms with Gasteiger partial charge in [0.05, 0.1) is 0 Å². The van der Waals surface area contributed by atoms with E-state index in [4.69, 9.17) is 5.11 Å². The van der Waals surface area contributed by atoms with E-state index in [1.165, 1.54) is 0 Å². The van der Waals surface area contributed by atoms with Gasteiger partial charge in [0.2, 0.25) is 0 Å². The summed E-state index contributed by atoms with van der Waals surface area (Å²) >= 11 is 0. The number of nitrogens with zero attached hydrogens (tertiary/aromatic N) is 2. The SMILES string of the molecule is CC[C@H](NC(=O)N(CC)CCCN(C)C)C(=O)O. The zero-order valence-corrected chi connectivity index (χ0v) is 11.8. The average molecular weight is 259 g/mol. The van der Waals surface area contributed by atoms with Crippen LogP contribution in [-0.2, 0) is 4.79 Å². The van der Waals surface area contributed by atoms with Crippen LogP contribution in [0, 0.1) is 0 Å². The first-order valence-corrected chi connectivity index (χ1v) is 6.35. The van der Waals surface area contributed by atoms with Gasteiger partial charge in [0.25, 0.3) is 0 Å². The number of hydrogen-bond acceptors (Lipinski definition) is 3. The monoisotopic (exact) mass is 259 g/mol. The van der Waals surface area contributed by atoms with Crippen molar-refractivity contribution in [2.75, 3.05) is 33.7 Å². The third-order valence-corrected chi connectivity index (χ3v) is 2.71. The molecule has 0 rings (SSSR count). The Hall–Kier alpha value is -1.30. The van der Waals surface area contributed by atoms with Crippen LogP contribution in [0.15, 0.2) is 0 Å². The second kappa shape index (κ2) is 8.74. The number of urea groups is 1. The van der Waals surface area contributed by atoms with Gasteiger partial charge in [-0.1, -0.05) is 6.92 Å². The summed E-state index contributed by atoms with van der Waals surface area (Å²) in [5.41, 5.74) is 0. The van der Waals surface area contributed by atoms with Crippen LogP contribution >= 0.6 is 0 Å². The van der Waals surface area contributed by atoms with Crippen molar-refractivity contribution in [3.05, 3.63) is 0 Å². The largest absolute Gasteiger partial charge is 0.480 e. The first-order chi connectivity index (χ1) is 8.42. The maximum Gasteiger partial charge on any atom is 0.326 e. The molecule has 6 heteroatoms. The van der Waals surface area contributed by atoms with E-state index in [1.807, 2.05) is 21.0 Å². The van der Waals surface area contributed by atoms with Crippen LogP contribution in [0.25, 0.3) is 0 Å². The fourth-order valence-electron chi connectivity index (χ4n) is 1.56. The topological polar surface area (TPSA) is 72.9 Å². The quantitative estimate of drug-likeness (QED) is 0.677. The van der Waals surface area contributed by atoms with Gasteiger partial charge in [0, 0.05) is 13.1 Å². The van der Waals surface area contributed by atoms with Crippen LogP contribution in [0.4, 0.5) is 4.79 Å². The summed E-state index contributed by atoms with van der Waals surface area (Å²) < 4.78 is 0. The van der Waals surface area contributed by atoms with Gasteiger partial charge in [-0.3, -0.25) is 0 Å². The lowest BCUT2D eigenvalue weighted by molar-refractivity contribution is -0.139.